The molecule has 1 atom stereocenters. The molecule has 0 aliphatic heterocycles. The van der Waals surface area contributed by atoms with Gasteiger partial charge in [0, 0.05) is 18.0 Å². The quantitative estimate of drug-likeness (QED) is 0.569. The van der Waals surface area contributed by atoms with Gasteiger partial charge >= 0.3 is 0 Å². The number of nitrogens with zero attached hydrogens (tertiary/aromatic N) is 3. The van der Waals surface area contributed by atoms with Crippen molar-refractivity contribution in [2.75, 3.05) is 6.54 Å². The molecule has 0 fully saturated rings. The first kappa shape index (κ1) is 21.1. The van der Waals surface area contributed by atoms with Gasteiger partial charge < -0.3 is 4.90 Å². The number of carbonyl (C=O) groups excluding carboxylic acids is 1. The maximum absolute atomic E-state index is 13.5. The van der Waals surface area contributed by atoms with E-state index in [9.17, 15) is 9.59 Å². The maximum Gasteiger partial charge on any atom is 0.266 e. The molecule has 0 spiro atoms. The number of carbonyl (C=O) groups is 1. The van der Waals surface area contributed by atoms with Crippen molar-refractivity contribution in [1.29, 1.82) is 0 Å². The second kappa shape index (κ2) is 8.78. The van der Waals surface area contributed by atoms with Gasteiger partial charge in [0.2, 0.25) is 5.91 Å². The molecular formula is C23H26ClN3O2. The average Bonchev–Trinajstić information content (AvgIpc) is 2.73. The van der Waals surface area contributed by atoms with Crippen LogP contribution in [0.4, 0.5) is 0 Å². The zero-order chi connectivity index (χ0) is 21.1. The Morgan fingerprint density at radius 3 is 2.59 bits per heavy atom. The Bertz CT molecular complexity index is 1110. The molecule has 1 unspecified atom stereocenters. The monoisotopic (exact) mass is 411 g/mol. The molecule has 0 bridgehead atoms. The van der Waals surface area contributed by atoms with Crippen LogP contribution in [0.1, 0.15) is 51.0 Å². The largest absolute Gasteiger partial charge is 0.333 e. The lowest BCUT2D eigenvalue weighted by molar-refractivity contribution is -0.133. The fourth-order valence-electron chi connectivity index (χ4n) is 3.62. The summed E-state index contributed by atoms with van der Waals surface area (Å²) in [5.74, 6) is 0.574. The molecule has 0 saturated heterocycles. The summed E-state index contributed by atoms with van der Waals surface area (Å²) in [4.78, 5) is 32.8. The van der Waals surface area contributed by atoms with E-state index in [2.05, 4.69) is 0 Å². The van der Waals surface area contributed by atoms with Gasteiger partial charge in [0.1, 0.15) is 5.82 Å². The minimum atomic E-state index is -0.363. The summed E-state index contributed by atoms with van der Waals surface area (Å²) in [5, 5.41) is 1.11. The van der Waals surface area contributed by atoms with Crippen LogP contribution in [0.25, 0.3) is 16.6 Å². The SMILES string of the molecule is CCCN(C(=O)CC)C(C)c1nc2ccccc2c(=O)n1-c1cccc(Cl)c1C. The fourth-order valence-corrected chi connectivity index (χ4v) is 3.79. The van der Waals surface area contributed by atoms with Gasteiger partial charge in [0.15, 0.2) is 0 Å². The van der Waals surface area contributed by atoms with Crippen LogP contribution < -0.4 is 5.56 Å². The van der Waals surface area contributed by atoms with E-state index in [-0.39, 0.29) is 17.5 Å². The molecule has 29 heavy (non-hydrogen) atoms. The minimum absolute atomic E-state index is 0.0381. The van der Waals surface area contributed by atoms with E-state index in [1.165, 1.54) is 0 Å². The lowest BCUT2D eigenvalue weighted by Crippen LogP contribution is -2.37. The highest BCUT2D eigenvalue weighted by Gasteiger charge is 2.26. The Morgan fingerprint density at radius 1 is 1.17 bits per heavy atom. The van der Waals surface area contributed by atoms with Gasteiger partial charge in [-0.1, -0.05) is 43.6 Å². The number of amides is 1. The Kier molecular flexibility index (Phi) is 6.38. The molecule has 1 amide bonds. The van der Waals surface area contributed by atoms with Crippen LogP contribution in [0.15, 0.2) is 47.3 Å². The molecule has 3 aromatic rings. The lowest BCUT2D eigenvalue weighted by atomic mass is 10.1. The first-order chi connectivity index (χ1) is 13.9. The molecule has 5 nitrogen and oxygen atoms in total. The first-order valence-corrected chi connectivity index (χ1v) is 10.3. The third-order valence-electron chi connectivity index (χ3n) is 5.21. The van der Waals surface area contributed by atoms with E-state index >= 15 is 0 Å². The summed E-state index contributed by atoms with van der Waals surface area (Å²) in [6.45, 7) is 8.29. The zero-order valence-electron chi connectivity index (χ0n) is 17.3. The fraction of sp³-hybridized carbons (Fsp3) is 0.348. The van der Waals surface area contributed by atoms with Crippen molar-refractivity contribution in [3.8, 4) is 5.69 Å². The highest BCUT2D eigenvalue weighted by atomic mass is 35.5. The number of halogens is 1. The number of benzene rings is 2. The van der Waals surface area contributed by atoms with Gasteiger partial charge in [0.25, 0.3) is 5.56 Å². The second-order valence-electron chi connectivity index (χ2n) is 7.13. The van der Waals surface area contributed by atoms with E-state index in [0.29, 0.717) is 40.4 Å². The van der Waals surface area contributed by atoms with E-state index in [4.69, 9.17) is 16.6 Å². The summed E-state index contributed by atoms with van der Waals surface area (Å²) >= 11 is 6.35. The van der Waals surface area contributed by atoms with Gasteiger partial charge in [-0.15, -0.1) is 0 Å². The Labute approximate surface area is 175 Å². The molecule has 2 aromatic carbocycles. The van der Waals surface area contributed by atoms with Crippen LogP contribution in [0, 0.1) is 6.92 Å². The van der Waals surface area contributed by atoms with Crippen LogP contribution in [0.5, 0.6) is 0 Å². The lowest BCUT2D eigenvalue weighted by Gasteiger charge is -2.30. The normalized spacial score (nSPS) is 12.2. The smallest absolute Gasteiger partial charge is 0.266 e. The van der Waals surface area contributed by atoms with E-state index in [0.717, 1.165) is 12.0 Å². The summed E-state index contributed by atoms with van der Waals surface area (Å²) in [7, 11) is 0. The molecule has 0 N–H and O–H groups in total. The maximum atomic E-state index is 13.5. The van der Waals surface area contributed by atoms with Gasteiger partial charge in [-0.2, -0.15) is 0 Å². The highest BCUT2D eigenvalue weighted by Crippen LogP contribution is 2.27. The van der Waals surface area contributed by atoms with Gasteiger partial charge in [-0.05, 0) is 50.1 Å². The minimum Gasteiger partial charge on any atom is -0.333 e. The van der Waals surface area contributed by atoms with E-state index in [1.54, 1.807) is 21.6 Å². The molecule has 6 heteroatoms. The van der Waals surface area contributed by atoms with Crippen molar-refractivity contribution in [3.63, 3.8) is 0 Å². The molecule has 0 radical (unpaired) electrons. The number of hydrogen-bond acceptors (Lipinski definition) is 3. The van der Waals surface area contributed by atoms with Crippen molar-refractivity contribution in [2.24, 2.45) is 0 Å². The molecule has 152 valence electrons. The first-order valence-electron chi connectivity index (χ1n) is 9.97. The number of hydrogen-bond donors (Lipinski definition) is 0. The molecule has 1 heterocycles. The van der Waals surface area contributed by atoms with Crippen molar-refractivity contribution in [2.45, 2.75) is 46.6 Å². The van der Waals surface area contributed by atoms with Crippen molar-refractivity contribution in [1.82, 2.24) is 14.5 Å². The standard InChI is InChI=1S/C23H26ClN3O2/c1-5-14-26(21(28)6-2)16(4)22-25-19-12-8-7-10-17(19)23(29)27(22)20-13-9-11-18(24)15(20)3/h7-13,16H,5-6,14H2,1-4H3. The second-order valence-corrected chi connectivity index (χ2v) is 7.54. The van der Waals surface area contributed by atoms with Crippen LogP contribution in [-0.4, -0.2) is 26.9 Å². The summed E-state index contributed by atoms with van der Waals surface area (Å²) < 4.78 is 1.61. The van der Waals surface area contributed by atoms with Gasteiger partial charge in [0.05, 0.1) is 22.6 Å². The summed E-state index contributed by atoms with van der Waals surface area (Å²) in [5.41, 5.74) is 1.94. The van der Waals surface area contributed by atoms with E-state index in [1.807, 2.05) is 58.0 Å². The van der Waals surface area contributed by atoms with Gasteiger partial charge in [-0.25, -0.2) is 4.98 Å². The molecule has 3 rings (SSSR count). The average molecular weight is 412 g/mol. The van der Waals surface area contributed by atoms with E-state index < -0.39 is 0 Å². The summed E-state index contributed by atoms with van der Waals surface area (Å²) in [6, 6.07) is 12.4. The molecule has 0 aliphatic carbocycles. The van der Waals surface area contributed by atoms with Crippen molar-refractivity contribution in [3.05, 3.63) is 69.2 Å². The third kappa shape index (κ3) is 3.92. The number of rotatable bonds is 6. The molecule has 0 aliphatic rings. The number of aromatic nitrogens is 2. The van der Waals surface area contributed by atoms with Crippen LogP contribution >= 0.6 is 11.6 Å². The van der Waals surface area contributed by atoms with Crippen LogP contribution in [-0.2, 0) is 4.79 Å². The summed E-state index contributed by atoms with van der Waals surface area (Å²) in [6.07, 6.45) is 1.22. The Hall–Kier alpha value is -2.66. The van der Waals surface area contributed by atoms with Crippen LogP contribution in [0.3, 0.4) is 0 Å². The number of para-hydroxylation sites is 1. The molecule has 0 saturated carbocycles. The van der Waals surface area contributed by atoms with Crippen molar-refractivity contribution >= 4 is 28.4 Å². The van der Waals surface area contributed by atoms with Crippen LogP contribution in [0.2, 0.25) is 5.02 Å². The molecule has 1 aromatic heterocycles. The zero-order valence-corrected chi connectivity index (χ0v) is 18.0. The Balaban J connectivity index is 2.34. The predicted octanol–water partition coefficient (Wildman–Crippen LogP) is 5.06. The predicted molar refractivity (Wildman–Crippen MR) is 118 cm³/mol. The topological polar surface area (TPSA) is 55.2 Å². The van der Waals surface area contributed by atoms with Crippen molar-refractivity contribution < 1.29 is 4.79 Å². The Morgan fingerprint density at radius 2 is 1.90 bits per heavy atom. The number of fused-ring (bicyclic) bond motifs is 1. The van der Waals surface area contributed by atoms with Gasteiger partial charge in [-0.3, -0.25) is 14.2 Å². The molecular weight excluding hydrogens is 386 g/mol. The third-order valence-corrected chi connectivity index (χ3v) is 5.62. The highest BCUT2D eigenvalue weighted by molar-refractivity contribution is 6.31.